The summed E-state index contributed by atoms with van der Waals surface area (Å²) in [7, 11) is 0. The van der Waals surface area contributed by atoms with E-state index in [1.807, 2.05) is 0 Å². The summed E-state index contributed by atoms with van der Waals surface area (Å²) in [5.74, 6) is -2.73. The lowest BCUT2D eigenvalue weighted by Crippen LogP contribution is -2.50. The zero-order chi connectivity index (χ0) is 14.4. The first-order chi connectivity index (χ1) is 8.90. The first-order valence-electron chi connectivity index (χ1n) is 5.68. The standard InChI is InChI=1S/C10H16N4O5/c11-5-1-8(16)13-4-14-9(17)2-6(10(18)19)12-3-7(5)15/h5-6,12H,1-4,11H2,(H,13,16)(H,14,17)(H,18,19). The number of aliphatic carboxylic acids is 1. The second kappa shape index (κ2) is 6.81. The van der Waals surface area contributed by atoms with Gasteiger partial charge in [0.2, 0.25) is 11.8 Å². The summed E-state index contributed by atoms with van der Waals surface area (Å²) in [6.45, 7) is -0.441. The minimum absolute atomic E-state index is 0.134. The van der Waals surface area contributed by atoms with E-state index in [0.29, 0.717) is 0 Å². The number of Topliss-reactive ketones (excluding diaryl/α,β-unsaturated/α-hetero) is 1. The van der Waals surface area contributed by atoms with E-state index in [1.165, 1.54) is 0 Å². The molecule has 2 unspecified atom stereocenters. The third-order valence-corrected chi connectivity index (χ3v) is 2.60. The molecule has 0 aromatic carbocycles. The van der Waals surface area contributed by atoms with Crippen molar-refractivity contribution < 1.29 is 24.3 Å². The van der Waals surface area contributed by atoms with Gasteiger partial charge in [-0.2, -0.15) is 0 Å². The molecule has 0 radical (unpaired) electrons. The predicted molar refractivity (Wildman–Crippen MR) is 62.8 cm³/mol. The monoisotopic (exact) mass is 272 g/mol. The smallest absolute Gasteiger partial charge is 0.321 e. The van der Waals surface area contributed by atoms with Gasteiger partial charge in [-0.05, 0) is 0 Å². The summed E-state index contributed by atoms with van der Waals surface area (Å²) in [6.07, 6.45) is -0.554. The molecule has 1 saturated heterocycles. The highest BCUT2D eigenvalue weighted by molar-refractivity contribution is 5.92. The summed E-state index contributed by atoms with van der Waals surface area (Å²) in [6, 6.07) is -2.18. The van der Waals surface area contributed by atoms with E-state index in [9.17, 15) is 19.2 Å². The van der Waals surface area contributed by atoms with E-state index in [-0.39, 0.29) is 26.1 Å². The van der Waals surface area contributed by atoms with Crippen molar-refractivity contribution in [1.82, 2.24) is 16.0 Å². The number of carboxylic acids is 1. The van der Waals surface area contributed by atoms with Crippen LogP contribution < -0.4 is 21.7 Å². The van der Waals surface area contributed by atoms with E-state index in [1.54, 1.807) is 0 Å². The van der Waals surface area contributed by atoms with Gasteiger partial charge in [0.1, 0.15) is 6.04 Å². The van der Waals surface area contributed by atoms with Crippen molar-refractivity contribution in [3.63, 3.8) is 0 Å². The number of rotatable bonds is 1. The van der Waals surface area contributed by atoms with Gasteiger partial charge >= 0.3 is 5.97 Å². The first kappa shape index (κ1) is 15.1. The van der Waals surface area contributed by atoms with Gasteiger partial charge in [0.05, 0.1) is 25.7 Å². The van der Waals surface area contributed by atoms with Crippen molar-refractivity contribution in [2.75, 3.05) is 13.2 Å². The molecule has 1 heterocycles. The van der Waals surface area contributed by atoms with E-state index in [0.717, 1.165) is 0 Å². The van der Waals surface area contributed by atoms with Crippen LogP contribution in [0.1, 0.15) is 12.8 Å². The molecule has 106 valence electrons. The fourth-order valence-electron chi connectivity index (χ4n) is 1.49. The number of nitrogens with one attached hydrogen (secondary N) is 3. The van der Waals surface area contributed by atoms with Gasteiger partial charge in [-0.15, -0.1) is 0 Å². The van der Waals surface area contributed by atoms with Gasteiger partial charge in [0, 0.05) is 6.42 Å². The zero-order valence-corrected chi connectivity index (χ0v) is 10.1. The highest BCUT2D eigenvalue weighted by Gasteiger charge is 2.24. The number of carboxylic acid groups (broad SMARTS) is 1. The Kier molecular flexibility index (Phi) is 5.39. The lowest BCUT2D eigenvalue weighted by Gasteiger charge is -2.18. The van der Waals surface area contributed by atoms with Gasteiger partial charge < -0.3 is 21.5 Å². The second-order valence-electron chi connectivity index (χ2n) is 4.13. The molecule has 0 aromatic heterocycles. The zero-order valence-electron chi connectivity index (χ0n) is 10.1. The van der Waals surface area contributed by atoms with Crippen molar-refractivity contribution in [1.29, 1.82) is 0 Å². The van der Waals surface area contributed by atoms with Crippen LogP contribution in [0.3, 0.4) is 0 Å². The highest BCUT2D eigenvalue weighted by Crippen LogP contribution is 1.96. The maximum Gasteiger partial charge on any atom is 0.321 e. The topological polar surface area (TPSA) is 151 Å². The Labute approximate surface area is 108 Å². The predicted octanol–water partition coefficient (Wildman–Crippen LogP) is -3.09. The quantitative estimate of drug-likeness (QED) is 0.339. The lowest BCUT2D eigenvalue weighted by molar-refractivity contribution is -0.142. The highest BCUT2D eigenvalue weighted by atomic mass is 16.4. The van der Waals surface area contributed by atoms with Crippen LogP contribution >= 0.6 is 0 Å². The van der Waals surface area contributed by atoms with Crippen LogP contribution in [0.15, 0.2) is 0 Å². The SMILES string of the molecule is NC1CC(=O)NCNC(=O)CC(C(=O)O)NCC1=O. The molecule has 19 heavy (non-hydrogen) atoms. The molecule has 2 amide bonds. The Bertz CT molecular complexity index is 397. The minimum atomic E-state index is -1.24. The number of amides is 2. The average Bonchev–Trinajstić information content (AvgIpc) is 2.32. The normalized spacial score (nSPS) is 26.7. The molecule has 0 saturated carbocycles. The molecule has 1 fully saturated rings. The number of hydrogen-bond donors (Lipinski definition) is 5. The van der Waals surface area contributed by atoms with Gasteiger partial charge in [-0.1, -0.05) is 0 Å². The van der Waals surface area contributed by atoms with Crippen molar-refractivity contribution in [2.24, 2.45) is 5.73 Å². The summed E-state index contributed by atoms with van der Waals surface area (Å²) in [5.41, 5.74) is 5.51. The molecule has 1 aliphatic heterocycles. The number of nitrogens with two attached hydrogens (primary N) is 1. The molecular weight excluding hydrogens is 256 g/mol. The molecule has 9 nitrogen and oxygen atoms in total. The maximum atomic E-state index is 11.6. The van der Waals surface area contributed by atoms with Crippen LogP contribution in [-0.2, 0) is 19.2 Å². The summed E-state index contributed by atoms with van der Waals surface area (Å²) < 4.78 is 0. The van der Waals surface area contributed by atoms with Gasteiger partial charge in [0.25, 0.3) is 0 Å². The van der Waals surface area contributed by atoms with Crippen LogP contribution in [0.2, 0.25) is 0 Å². The fourth-order valence-corrected chi connectivity index (χ4v) is 1.49. The number of carbonyl (C=O) groups is 4. The fraction of sp³-hybridized carbons (Fsp3) is 0.600. The molecular formula is C10H16N4O5. The first-order valence-corrected chi connectivity index (χ1v) is 5.68. The van der Waals surface area contributed by atoms with E-state index in [4.69, 9.17) is 10.8 Å². The van der Waals surface area contributed by atoms with E-state index in [2.05, 4.69) is 16.0 Å². The van der Waals surface area contributed by atoms with Gasteiger partial charge in [0.15, 0.2) is 5.78 Å². The molecule has 1 aliphatic rings. The number of hydrogen-bond acceptors (Lipinski definition) is 6. The van der Waals surface area contributed by atoms with Crippen LogP contribution in [0.25, 0.3) is 0 Å². The molecule has 9 heteroatoms. The second-order valence-corrected chi connectivity index (χ2v) is 4.13. The molecule has 0 bridgehead atoms. The summed E-state index contributed by atoms with van der Waals surface area (Å²) >= 11 is 0. The third-order valence-electron chi connectivity index (χ3n) is 2.60. The van der Waals surface area contributed by atoms with Crippen LogP contribution in [0.4, 0.5) is 0 Å². The number of carbonyl (C=O) groups excluding carboxylic acids is 3. The summed E-state index contributed by atoms with van der Waals surface area (Å²) in [5, 5.41) is 16.0. The molecule has 0 aliphatic carbocycles. The van der Waals surface area contributed by atoms with E-state index >= 15 is 0 Å². The largest absolute Gasteiger partial charge is 0.480 e. The third kappa shape index (κ3) is 5.02. The molecule has 1 rings (SSSR count). The van der Waals surface area contributed by atoms with Crippen LogP contribution in [-0.4, -0.2) is 54.0 Å². The maximum absolute atomic E-state index is 11.6. The Morgan fingerprint density at radius 2 is 1.74 bits per heavy atom. The average molecular weight is 272 g/mol. The van der Waals surface area contributed by atoms with Crippen LogP contribution in [0.5, 0.6) is 0 Å². The van der Waals surface area contributed by atoms with Crippen molar-refractivity contribution >= 4 is 23.6 Å². The molecule has 0 spiro atoms. The molecule has 0 aromatic rings. The Morgan fingerprint density at radius 3 is 2.32 bits per heavy atom. The lowest BCUT2D eigenvalue weighted by atomic mass is 10.1. The Hall–Kier alpha value is -2.00. The number of ketones is 1. The molecule has 2 atom stereocenters. The van der Waals surface area contributed by atoms with Crippen molar-refractivity contribution in [3.8, 4) is 0 Å². The van der Waals surface area contributed by atoms with Crippen molar-refractivity contribution in [3.05, 3.63) is 0 Å². The Balaban J connectivity index is 2.73. The van der Waals surface area contributed by atoms with Gasteiger partial charge in [-0.25, -0.2) is 0 Å². The summed E-state index contributed by atoms with van der Waals surface area (Å²) in [4.78, 5) is 45.2. The van der Waals surface area contributed by atoms with Crippen LogP contribution in [0, 0.1) is 0 Å². The molecule has 6 N–H and O–H groups in total. The van der Waals surface area contributed by atoms with Crippen molar-refractivity contribution in [2.45, 2.75) is 24.9 Å². The van der Waals surface area contributed by atoms with Gasteiger partial charge in [-0.3, -0.25) is 24.5 Å². The Morgan fingerprint density at radius 1 is 1.16 bits per heavy atom. The van der Waals surface area contributed by atoms with E-state index < -0.39 is 35.7 Å². The minimum Gasteiger partial charge on any atom is -0.480 e.